The number of anilines is 1. The molecule has 2 atom stereocenters. The molecule has 0 radical (unpaired) electrons. The van der Waals surface area contributed by atoms with Crippen molar-refractivity contribution in [3.63, 3.8) is 0 Å². The third kappa shape index (κ3) is 3.53. The first kappa shape index (κ1) is 14.9. The maximum absolute atomic E-state index is 12.5. The van der Waals surface area contributed by atoms with Gasteiger partial charge in [-0.15, -0.1) is 0 Å². The average molecular weight is 274 g/mol. The van der Waals surface area contributed by atoms with Crippen molar-refractivity contribution in [1.29, 1.82) is 0 Å². The van der Waals surface area contributed by atoms with Gasteiger partial charge in [0.15, 0.2) is 0 Å². The van der Waals surface area contributed by atoms with Crippen molar-refractivity contribution in [3.8, 4) is 0 Å². The molecule has 1 aromatic carbocycles. The molecule has 3 heteroatoms. The molecule has 0 spiro atoms. The first-order valence-electron chi connectivity index (χ1n) is 7.60. The Hall–Kier alpha value is -1.51. The Morgan fingerprint density at radius 2 is 2.15 bits per heavy atom. The summed E-state index contributed by atoms with van der Waals surface area (Å²) in [7, 11) is 0. The summed E-state index contributed by atoms with van der Waals surface area (Å²) in [5.74, 6) is 0.845. The number of piperidine rings is 1. The predicted molar refractivity (Wildman–Crippen MR) is 84.0 cm³/mol. The Morgan fingerprint density at radius 1 is 1.40 bits per heavy atom. The van der Waals surface area contributed by atoms with Gasteiger partial charge < -0.3 is 10.2 Å². The minimum atomic E-state index is -0.165. The van der Waals surface area contributed by atoms with Crippen molar-refractivity contribution in [1.82, 2.24) is 4.90 Å². The monoisotopic (exact) mass is 274 g/mol. The summed E-state index contributed by atoms with van der Waals surface area (Å²) < 4.78 is 0. The van der Waals surface area contributed by atoms with E-state index in [1.54, 1.807) is 0 Å². The number of nitrogens with zero attached hydrogens (tertiary/aromatic N) is 1. The highest BCUT2D eigenvalue weighted by Gasteiger charge is 2.24. The van der Waals surface area contributed by atoms with Crippen LogP contribution >= 0.6 is 0 Å². The number of aryl methyl sites for hydroxylation is 2. The van der Waals surface area contributed by atoms with Crippen LogP contribution in [0.3, 0.4) is 0 Å². The molecule has 1 aromatic rings. The molecule has 2 unspecified atom stereocenters. The third-order valence-electron chi connectivity index (χ3n) is 4.09. The first-order chi connectivity index (χ1) is 9.47. The summed E-state index contributed by atoms with van der Waals surface area (Å²) in [4.78, 5) is 14.5. The Kier molecular flexibility index (Phi) is 4.69. The summed E-state index contributed by atoms with van der Waals surface area (Å²) in [6, 6.07) is 6.12. The molecule has 1 aliphatic heterocycles. The van der Waals surface area contributed by atoms with Crippen molar-refractivity contribution in [2.75, 3.05) is 18.4 Å². The molecular weight excluding hydrogens is 248 g/mol. The second-order valence-electron chi connectivity index (χ2n) is 6.22. The second kappa shape index (κ2) is 6.29. The van der Waals surface area contributed by atoms with Gasteiger partial charge in [-0.1, -0.05) is 24.6 Å². The lowest BCUT2D eigenvalue weighted by Gasteiger charge is -2.33. The van der Waals surface area contributed by atoms with Gasteiger partial charge >= 0.3 is 0 Å². The minimum Gasteiger partial charge on any atom is -0.374 e. The van der Waals surface area contributed by atoms with E-state index in [0.29, 0.717) is 5.92 Å². The van der Waals surface area contributed by atoms with E-state index < -0.39 is 0 Å². The first-order valence-corrected chi connectivity index (χ1v) is 7.60. The summed E-state index contributed by atoms with van der Waals surface area (Å²) in [6.45, 7) is 10.2. The number of carbonyl (C=O) groups excluding carboxylic acids is 1. The molecule has 0 saturated carbocycles. The molecule has 1 aliphatic rings. The zero-order valence-corrected chi connectivity index (χ0v) is 13.1. The van der Waals surface area contributed by atoms with Gasteiger partial charge in [-0.3, -0.25) is 4.79 Å². The van der Waals surface area contributed by atoms with E-state index in [2.05, 4.69) is 44.3 Å². The van der Waals surface area contributed by atoms with Crippen LogP contribution in [-0.4, -0.2) is 29.9 Å². The Bertz CT molecular complexity index is 484. The van der Waals surface area contributed by atoms with Gasteiger partial charge in [0.05, 0.1) is 0 Å². The normalized spacial score (nSPS) is 20.6. The molecule has 1 N–H and O–H groups in total. The van der Waals surface area contributed by atoms with Gasteiger partial charge in [0.25, 0.3) is 0 Å². The van der Waals surface area contributed by atoms with E-state index in [9.17, 15) is 4.79 Å². The van der Waals surface area contributed by atoms with Crippen LogP contribution in [0.15, 0.2) is 18.2 Å². The lowest BCUT2D eigenvalue weighted by Crippen LogP contribution is -2.46. The van der Waals surface area contributed by atoms with Gasteiger partial charge in [0.2, 0.25) is 5.91 Å². The Balaban J connectivity index is 2.00. The van der Waals surface area contributed by atoms with Gasteiger partial charge in [-0.2, -0.15) is 0 Å². The molecule has 1 amide bonds. The molecule has 0 bridgehead atoms. The number of hydrogen-bond donors (Lipinski definition) is 1. The molecule has 3 nitrogen and oxygen atoms in total. The van der Waals surface area contributed by atoms with E-state index >= 15 is 0 Å². The molecule has 1 heterocycles. The van der Waals surface area contributed by atoms with Crippen molar-refractivity contribution in [3.05, 3.63) is 29.3 Å². The number of rotatable bonds is 3. The van der Waals surface area contributed by atoms with Crippen LogP contribution in [0.4, 0.5) is 5.69 Å². The van der Waals surface area contributed by atoms with Crippen LogP contribution in [0.2, 0.25) is 0 Å². The lowest BCUT2D eigenvalue weighted by molar-refractivity contribution is -0.133. The molecule has 0 aliphatic carbocycles. The van der Waals surface area contributed by atoms with Crippen LogP contribution in [0.25, 0.3) is 0 Å². The summed E-state index contributed by atoms with van der Waals surface area (Å²) in [5, 5.41) is 3.36. The molecule has 1 fully saturated rings. The Labute approximate surface area is 122 Å². The third-order valence-corrected chi connectivity index (χ3v) is 4.09. The van der Waals surface area contributed by atoms with Gasteiger partial charge in [-0.25, -0.2) is 0 Å². The van der Waals surface area contributed by atoms with E-state index in [-0.39, 0.29) is 11.9 Å². The minimum absolute atomic E-state index is 0.165. The van der Waals surface area contributed by atoms with Crippen LogP contribution in [0, 0.1) is 19.8 Å². The number of nitrogens with one attached hydrogen (secondary N) is 1. The van der Waals surface area contributed by atoms with Crippen LogP contribution < -0.4 is 5.32 Å². The number of carbonyl (C=O) groups is 1. The molecule has 20 heavy (non-hydrogen) atoms. The summed E-state index contributed by atoms with van der Waals surface area (Å²) in [6.07, 6.45) is 2.37. The van der Waals surface area contributed by atoms with E-state index in [1.807, 2.05) is 11.8 Å². The van der Waals surface area contributed by atoms with Gasteiger partial charge in [-0.05, 0) is 51.2 Å². The predicted octanol–water partition coefficient (Wildman–Crippen LogP) is 3.36. The fourth-order valence-electron chi connectivity index (χ4n) is 2.93. The van der Waals surface area contributed by atoms with Crippen LogP contribution in [0.1, 0.15) is 37.8 Å². The molecule has 2 rings (SSSR count). The SMILES string of the molecule is Cc1ccc(NC(C)C(=O)N2CCCC(C)C2)c(C)c1. The van der Waals surface area contributed by atoms with E-state index in [1.165, 1.54) is 17.5 Å². The molecular formula is C17H26N2O. The topological polar surface area (TPSA) is 32.3 Å². The van der Waals surface area contributed by atoms with Crippen LogP contribution in [0.5, 0.6) is 0 Å². The zero-order valence-electron chi connectivity index (χ0n) is 13.1. The smallest absolute Gasteiger partial charge is 0.244 e. The van der Waals surface area contributed by atoms with E-state index in [0.717, 1.165) is 25.2 Å². The van der Waals surface area contributed by atoms with Gasteiger partial charge in [0, 0.05) is 18.8 Å². The summed E-state index contributed by atoms with van der Waals surface area (Å²) >= 11 is 0. The van der Waals surface area contributed by atoms with Gasteiger partial charge in [0.1, 0.15) is 6.04 Å². The van der Waals surface area contributed by atoms with Crippen molar-refractivity contribution in [2.24, 2.45) is 5.92 Å². The fraction of sp³-hybridized carbons (Fsp3) is 0.588. The highest BCUT2D eigenvalue weighted by Crippen LogP contribution is 2.20. The van der Waals surface area contributed by atoms with Crippen molar-refractivity contribution < 1.29 is 4.79 Å². The summed E-state index contributed by atoms with van der Waals surface area (Å²) in [5.41, 5.74) is 3.50. The number of amides is 1. The van der Waals surface area contributed by atoms with E-state index in [4.69, 9.17) is 0 Å². The number of hydrogen-bond acceptors (Lipinski definition) is 2. The van der Waals surface area contributed by atoms with Crippen LogP contribution in [-0.2, 0) is 4.79 Å². The van der Waals surface area contributed by atoms with Crippen molar-refractivity contribution >= 4 is 11.6 Å². The van der Waals surface area contributed by atoms with Crippen molar-refractivity contribution in [2.45, 2.75) is 46.6 Å². The quantitative estimate of drug-likeness (QED) is 0.916. The second-order valence-corrected chi connectivity index (χ2v) is 6.22. The molecule has 1 saturated heterocycles. The maximum atomic E-state index is 12.5. The molecule has 110 valence electrons. The average Bonchev–Trinajstić information content (AvgIpc) is 2.41. The molecule has 0 aromatic heterocycles. The fourth-order valence-corrected chi connectivity index (χ4v) is 2.93. The number of benzene rings is 1. The largest absolute Gasteiger partial charge is 0.374 e. The number of likely N-dealkylation sites (tertiary alicyclic amines) is 1. The maximum Gasteiger partial charge on any atom is 0.244 e. The standard InChI is InChI=1S/C17H26N2O/c1-12-7-8-16(14(3)10-12)18-15(4)17(20)19-9-5-6-13(2)11-19/h7-8,10,13,15,18H,5-6,9,11H2,1-4H3. The highest BCUT2D eigenvalue weighted by molar-refractivity contribution is 5.84. The zero-order chi connectivity index (χ0) is 14.7. The highest BCUT2D eigenvalue weighted by atomic mass is 16.2. The lowest BCUT2D eigenvalue weighted by atomic mass is 9.99. The Morgan fingerprint density at radius 3 is 2.80 bits per heavy atom.